The predicted octanol–water partition coefficient (Wildman–Crippen LogP) is 1.34. The quantitative estimate of drug-likeness (QED) is 0.728. The Morgan fingerprint density at radius 3 is 2.08 bits per heavy atom. The molecule has 1 aliphatic rings. The van der Waals surface area contributed by atoms with E-state index in [0.717, 1.165) is 10.8 Å². The first kappa shape index (κ1) is 18.1. The van der Waals surface area contributed by atoms with E-state index < -0.39 is 36.0 Å². The fourth-order valence-electron chi connectivity index (χ4n) is 3.03. The number of ether oxygens (including phenoxy) is 3. The Balaban J connectivity index is 2.09. The molecule has 2 aromatic rings. The zero-order valence-corrected chi connectivity index (χ0v) is 14.1. The largest absolute Gasteiger partial charge is 0.497 e. The molecule has 0 aromatic heterocycles. The van der Waals surface area contributed by atoms with Gasteiger partial charge in [0.1, 0.15) is 11.9 Å². The predicted molar refractivity (Wildman–Crippen MR) is 88.9 cm³/mol. The van der Waals surface area contributed by atoms with Crippen LogP contribution in [-0.2, 0) is 24.8 Å². The number of aliphatic carboxylic acids is 2. The molecule has 3 N–H and O–H groups in total. The van der Waals surface area contributed by atoms with Crippen LogP contribution in [-0.4, -0.2) is 52.7 Å². The summed E-state index contributed by atoms with van der Waals surface area (Å²) in [5.41, 5.74) is 0.320. The molecule has 0 unspecified atom stereocenters. The van der Waals surface area contributed by atoms with Gasteiger partial charge in [0.25, 0.3) is 0 Å². The topological polar surface area (TPSA) is 123 Å². The van der Waals surface area contributed by atoms with Gasteiger partial charge in [-0.2, -0.15) is 0 Å². The van der Waals surface area contributed by atoms with Crippen LogP contribution in [0.4, 0.5) is 0 Å². The van der Waals surface area contributed by atoms with Crippen LogP contribution in [0.25, 0.3) is 10.8 Å². The molecule has 0 amide bonds. The molecule has 1 aliphatic heterocycles. The maximum Gasteiger partial charge on any atom is 0.336 e. The molecule has 0 saturated carbocycles. The normalized spacial score (nSPS) is 22.9. The second kappa shape index (κ2) is 6.56. The summed E-state index contributed by atoms with van der Waals surface area (Å²) < 4.78 is 16.1. The van der Waals surface area contributed by atoms with Gasteiger partial charge >= 0.3 is 11.9 Å². The van der Waals surface area contributed by atoms with Gasteiger partial charge in [-0.05, 0) is 35.9 Å². The van der Waals surface area contributed by atoms with Crippen molar-refractivity contribution in [2.75, 3.05) is 7.11 Å². The van der Waals surface area contributed by atoms with E-state index in [-0.39, 0.29) is 0 Å². The van der Waals surface area contributed by atoms with Crippen molar-refractivity contribution in [2.24, 2.45) is 0 Å². The third-order valence-electron chi connectivity index (χ3n) is 4.37. The highest BCUT2D eigenvalue weighted by atomic mass is 16.8. The number of rotatable bonds is 5. The SMILES string of the molecule is COc1ccc2cc(C3([C@H](C)O)O[C@@H](C(=O)O)[C@H](C(=O)O)O3)ccc2c1. The molecule has 8 heteroatoms. The van der Waals surface area contributed by atoms with Crippen molar-refractivity contribution in [2.45, 2.75) is 31.0 Å². The summed E-state index contributed by atoms with van der Waals surface area (Å²) in [6.45, 7) is 1.35. The first-order valence-corrected chi connectivity index (χ1v) is 7.86. The molecule has 8 nitrogen and oxygen atoms in total. The van der Waals surface area contributed by atoms with Crippen LogP contribution in [0.1, 0.15) is 12.5 Å². The van der Waals surface area contributed by atoms with Crippen molar-refractivity contribution in [1.29, 1.82) is 0 Å². The highest BCUT2D eigenvalue weighted by molar-refractivity contribution is 5.86. The highest BCUT2D eigenvalue weighted by Crippen LogP contribution is 2.42. The molecule has 3 rings (SSSR count). The van der Waals surface area contributed by atoms with E-state index in [2.05, 4.69) is 0 Å². The summed E-state index contributed by atoms with van der Waals surface area (Å²) in [5.74, 6) is -4.20. The second-order valence-electron chi connectivity index (χ2n) is 6.02. The number of carboxylic acid groups (broad SMARTS) is 2. The Morgan fingerprint density at radius 2 is 1.58 bits per heavy atom. The molecule has 1 saturated heterocycles. The number of carboxylic acids is 2. The van der Waals surface area contributed by atoms with Gasteiger partial charge in [-0.15, -0.1) is 0 Å². The van der Waals surface area contributed by atoms with Crippen molar-refractivity contribution in [3.8, 4) is 5.75 Å². The van der Waals surface area contributed by atoms with Gasteiger partial charge in [-0.3, -0.25) is 0 Å². The van der Waals surface area contributed by atoms with E-state index in [0.29, 0.717) is 11.3 Å². The molecular weight excluding hydrogens is 344 g/mol. The smallest absolute Gasteiger partial charge is 0.336 e. The van der Waals surface area contributed by atoms with Crippen LogP contribution in [0.15, 0.2) is 36.4 Å². The Morgan fingerprint density at radius 1 is 1.04 bits per heavy atom. The van der Waals surface area contributed by atoms with Gasteiger partial charge in [0.15, 0.2) is 12.2 Å². The molecule has 138 valence electrons. The molecule has 0 spiro atoms. The maximum atomic E-state index is 11.4. The number of fused-ring (bicyclic) bond motifs is 1. The summed E-state index contributed by atoms with van der Waals surface area (Å²) >= 11 is 0. The summed E-state index contributed by atoms with van der Waals surface area (Å²) in [7, 11) is 1.55. The minimum Gasteiger partial charge on any atom is -0.497 e. The van der Waals surface area contributed by atoms with Crippen LogP contribution in [0, 0.1) is 0 Å². The maximum absolute atomic E-state index is 11.4. The number of aliphatic hydroxyl groups is 1. The summed E-state index contributed by atoms with van der Waals surface area (Å²) in [5, 5.41) is 30.4. The molecule has 3 atom stereocenters. The molecular formula is C18H18O8. The van der Waals surface area contributed by atoms with Crippen molar-refractivity contribution in [1.82, 2.24) is 0 Å². The van der Waals surface area contributed by atoms with Gasteiger partial charge < -0.3 is 29.5 Å². The van der Waals surface area contributed by atoms with Gasteiger partial charge in [0.05, 0.1) is 7.11 Å². The van der Waals surface area contributed by atoms with Crippen LogP contribution >= 0.6 is 0 Å². The highest BCUT2D eigenvalue weighted by Gasteiger charge is 2.57. The number of aliphatic hydroxyl groups excluding tert-OH is 1. The molecule has 1 heterocycles. The van der Waals surface area contributed by atoms with E-state index in [4.69, 9.17) is 14.2 Å². The molecule has 1 fully saturated rings. The van der Waals surface area contributed by atoms with Crippen molar-refractivity contribution in [3.63, 3.8) is 0 Å². The second-order valence-corrected chi connectivity index (χ2v) is 6.02. The van der Waals surface area contributed by atoms with Gasteiger partial charge in [-0.25, -0.2) is 9.59 Å². The number of hydrogen-bond acceptors (Lipinski definition) is 6. The Hall–Kier alpha value is -2.68. The average Bonchev–Trinajstić information content (AvgIpc) is 3.03. The number of hydrogen-bond donors (Lipinski definition) is 3. The Bertz CT molecular complexity index is 837. The Labute approximate surface area is 148 Å². The lowest BCUT2D eigenvalue weighted by Gasteiger charge is -2.31. The van der Waals surface area contributed by atoms with Gasteiger partial charge in [0, 0.05) is 5.56 Å². The van der Waals surface area contributed by atoms with Crippen LogP contribution in [0.2, 0.25) is 0 Å². The van der Waals surface area contributed by atoms with Crippen LogP contribution < -0.4 is 4.74 Å². The fourth-order valence-corrected chi connectivity index (χ4v) is 3.03. The van der Waals surface area contributed by atoms with Crippen LogP contribution in [0.3, 0.4) is 0 Å². The number of benzene rings is 2. The van der Waals surface area contributed by atoms with Gasteiger partial charge in [0.2, 0.25) is 5.79 Å². The monoisotopic (exact) mass is 362 g/mol. The third kappa shape index (κ3) is 2.88. The lowest BCUT2D eigenvalue weighted by molar-refractivity contribution is -0.240. The number of carbonyl (C=O) groups is 2. The lowest BCUT2D eigenvalue weighted by atomic mass is 9.97. The summed E-state index contributed by atoms with van der Waals surface area (Å²) in [6, 6.07) is 10.3. The van der Waals surface area contributed by atoms with Crippen molar-refractivity contribution < 1.29 is 39.1 Å². The van der Waals surface area contributed by atoms with E-state index in [1.54, 1.807) is 37.4 Å². The molecule has 2 aromatic carbocycles. The molecule has 0 bridgehead atoms. The number of methoxy groups -OCH3 is 1. The zero-order chi connectivity index (χ0) is 19.1. The van der Waals surface area contributed by atoms with E-state index in [1.807, 2.05) is 6.07 Å². The molecule has 0 radical (unpaired) electrons. The minimum absolute atomic E-state index is 0.320. The van der Waals surface area contributed by atoms with Gasteiger partial charge in [-0.1, -0.05) is 18.2 Å². The van der Waals surface area contributed by atoms with E-state index in [9.17, 15) is 24.9 Å². The first-order valence-electron chi connectivity index (χ1n) is 7.86. The summed E-state index contributed by atoms with van der Waals surface area (Å²) in [4.78, 5) is 22.8. The minimum atomic E-state index is -1.90. The average molecular weight is 362 g/mol. The standard InChI is InChI=1S/C18H18O8/c1-9(19)18(25-14(16(20)21)15(26-18)17(22)23)12-5-3-11-8-13(24-2)6-4-10(11)7-12/h3-9,14-15,19H,1-2H3,(H,20,21)(H,22,23)/t9-,14+,15+/m0/s1. The lowest BCUT2D eigenvalue weighted by Crippen LogP contribution is -2.40. The van der Waals surface area contributed by atoms with Crippen LogP contribution in [0.5, 0.6) is 5.75 Å². The molecule has 0 aliphatic carbocycles. The van der Waals surface area contributed by atoms with E-state index >= 15 is 0 Å². The summed E-state index contributed by atoms with van der Waals surface area (Å²) in [6.07, 6.45) is -4.80. The fraction of sp³-hybridized carbons (Fsp3) is 0.333. The zero-order valence-electron chi connectivity index (χ0n) is 14.1. The van der Waals surface area contributed by atoms with E-state index in [1.165, 1.54) is 6.92 Å². The first-order chi connectivity index (χ1) is 12.3. The molecule has 26 heavy (non-hydrogen) atoms. The van der Waals surface area contributed by atoms with Crippen molar-refractivity contribution >= 4 is 22.7 Å². The third-order valence-corrected chi connectivity index (χ3v) is 4.37. The van der Waals surface area contributed by atoms with Crippen molar-refractivity contribution in [3.05, 3.63) is 42.0 Å². The Kier molecular flexibility index (Phi) is 4.57.